The van der Waals surface area contributed by atoms with Crippen LogP contribution in [0, 0.1) is 10.8 Å². The minimum atomic E-state index is -1.56. The number of hydrogen-bond donors (Lipinski definition) is 4. The Bertz CT molecular complexity index is 245. The van der Waals surface area contributed by atoms with Crippen LogP contribution in [0.3, 0.4) is 0 Å². The quantitative estimate of drug-likeness (QED) is 0.525. The minimum absolute atomic E-state index is 1.09. The summed E-state index contributed by atoms with van der Waals surface area (Å²) in [5.41, 5.74) is -8.43. The first-order valence-corrected chi connectivity index (χ1v) is 6.39. The standard InChI is InChI=1S/C14H28O4/c1-9(2)11(5,15)13(7,17)10(3,4)14(8,18)12(9,6)16/h15-18H,1-8H3. The van der Waals surface area contributed by atoms with E-state index < -0.39 is 33.2 Å². The van der Waals surface area contributed by atoms with Gasteiger partial charge in [-0.25, -0.2) is 0 Å². The molecule has 108 valence electrons. The third kappa shape index (κ3) is 1.20. The lowest BCUT2D eigenvalue weighted by molar-refractivity contribution is -0.383. The Morgan fingerprint density at radius 3 is 0.611 bits per heavy atom. The zero-order valence-corrected chi connectivity index (χ0v) is 12.8. The molecule has 0 radical (unpaired) electrons. The van der Waals surface area contributed by atoms with Crippen LogP contribution in [-0.4, -0.2) is 42.8 Å². The van der Waals surface area contributed by atoms with E-state index in [0.29, 0.717) is 0 Å². The molecule has 1 fully saturated rings. The van der Waals surface area contributed by atoms with Gasteiger partial charge in [0.15, 0.2) is 0 Å². The summed E-state index contributed by atoms with van der Waals surface area (Å²) in [6.07, 6.45) is 0. The molecule has 0 aromatic heterocycles. The molecule has 1 rings (SSSR count). The first-order valence-electron chi connectivity index (χ1n) is 6.39. The summed E-state index contributed by atoms with van der Waals surface area (Å²) >= 11 is 0. The third-order valence-corrected chi connectivity index (χ3v) is 6.76. The molecule has 0 saturated heterocycles. The fourth-order valence-electron chi connectivity index (χ4n) is 3.38. The molecule has 4 unspecified atom stereocenters. The van der Waals surface area contributed by atoms with Gasteiger partial charge in [0, 0.05) is 10.8 Å². The van der Waals surface area contributed by atoms with E-state index in [1.54, 1.807) is 27.7 Å². The van der Waals surface area contributed by atoms with Crippen LogP contribution in [0.5, 0.6) is 0 Å². The normalized spacial score (nSPS) is 55.3. The fraction of sp³-hybridized carbons (Fsp3) is 1.00. The molecule has 0 aliphatic heterocycles. The van der Waals surface area contributed by atoms with Gasteiger partial charge in [0.25, 0.3) is 0 Å². The zero-order chi connectivity index (χ0) is 15.0. The molecule has 0 bridgehead atoms. The molecule has 0 aromatic carbocycles. The molecular formula is C14H28O4. The van der Waals surface area contributed by atoms with Crippen molar-refractivity contribution in [1.82, 2.24) is 0 Å². The molecule has 0 amide bonds. The second kappa shape index (κ2) is 3.29. The van der Waals surface area contributed by atoms with Crippen LogP contribution >= 0.6 is 0 Å². The van der Waals surface area contributed by atoms with Crippen LogP contribution in [0.1, 0.15) is 55.4 Å². The van der Waals surface area contributed by atoms with Crippen LogP contribution in [-0.2, 0) is 0 Å². The van der Waals surface area contributed by atoms with Crippen LogP contribution in [0.25, 0.3) is 0 Å². The zero-order valence-electron chi connectivity index (χ0n) is 12.8. The fourth-order valence-corrected chi connectivity index (χ4v) is 3.38. The molecule has 4 atom stereocenters. The second-order valence-corrected chi connectivity index (χ2v) is 7.54. The van der Waals surface area contributed by atoms with Gasteiger partial charge in [-0.15, -0.1) is 0 Å². The largest absolute Gasteiger partial charge is 0.386 e. The predicted molar refractivity (Wildman–Crippen MR) is 70.1 cm³/mol. The molecule has 0 aromatic rings. The molecule has 1 saturated carbocycles. The monoisotopic (exact) mass is 260 g/mol. The van der Waals surface area contributed by atoms with Gasteiger partial charge in [-0.3, -0.25) is 0 Å². The van der Waals surface area contributed by atoms with E-state index >= 15 is 0 Å². The molecule has 1 aliphatic rings. The molecule has 0 heterocycles. The van der Waals surface area contributed by atoms with Gasteiger partial charge < -0.3 is 20.4 Å². The van der Waals surface area contributed by atoms with Crippen molar-refractivity contribution in [2.45, 2.75) is 77.8 Å². The summed E-state index contributed by atoms with van der Waals surface area (Å²) in [4.78, 5) is 0. The van der Waals surface area contributed by atoms with Crippen LogP contribution < -0.4 is 0 Å². The van der Waals surface area contributed by atoms with Crippen molar-refractivity contribution in [3.05, 3.63) is 0 Å². The lowest BCUT2D eigenvalue weighted by atomic mass is 9.40. The first kappa shape index (κ1) is 15.9. The molecule has 4 heteroatoms. The number of hydrogen-bond acceptors (Lipinski definition) is 4. The first-order chi connectivity index (χ1) is 7.50. The number of aliphatic hydroxyl groups is 4. The highest BCUT2D eigenvalue weighted by Gasteiger charge is 2.77. The summed E-state index contributed by atoms with van der Waals surface area (Å²) in [5.74, 6) is 0. The van der Waals surface area contributed by atoms with E-state index in [1.807, 2.05) is 0 Å². The summed E-state index contributed by atoms with van der Waals surface area (Å²) < 4.78 is 0. The Balaban J connectivity index is 3.72. The van der Waals surface area contributed by atoms with Gasteiger partial charge in [0.1, 0.15) is 0 Å². The maximum absolute atomic E-state index is 10.8. The third-order valence-electron chi connectivity index (χ3n) is 6.76. The number of rotatable bonds is 0. The van der Waals surface area contributed by atoms with Crippen molar-refractivity contribution in [2.24, 2.45) is 10.8 Å². The maximum atomic E-state index is 10.8. The second-order valence-electron chi connectivity index (χ2n) is 7.54. The van der Waals surface area contributed by atoms with Crippen molar-refractivity contribution in [2.75, 3.05) is 0 Å². The molecule has 4 N–H and O–H groups in total. The Kier molecular flexibility index (Phi) is 2.90. The van der Waals surface area contributed by atoms with E-state index in [-0.39, 0.29) is 0 Å². The highest BCUT2D eigenvalue weighted by Crippen LogP contribution is 2.64. The van der Waals surface area contributed by atoms with Crippen molar-refractivity contribution >= 4 is 0 Å². The highest BCUT2D eigenvalue weighted by atomic mass is 16.4. The van der Waals surface area contributed by atoms with E-state index in [4.69, 9.17) is 0 Å². The van der Waals surface area contributed by atoms with Crippen molar-refractivity contribution in [1.29, 1.82) is 0 Å². The average molecular weight is 260 g/mol. The maximum Gasteiger partial charge on any atom is 0.0987 e. The Morgan fingerprint density at radius 1 is 0.389 bits per heavy atom. The van der Waals surface area contributed by atoms with E-state index in [0.717, 1.165) is 0 Å². The molecule has 4 nitrogen and oxygen atoms in total. The van der Waals surface area contributed by atoms with Gasteiger partial charge in [-0.1, -0.05) is 27.7 Å². The van der Waals surface area contributed by atoms with Crippen molar-refractivity contribution < 1.29 is 20.4 Å². The smallest absolute Gasteiger partial charge is 0.0987 e. The van der Waals surface area contributed by atoms with E-state index in [1.165, 1.54) is 27.7 Å². The summed E-state index contributed by atoms with van der Waals surface area (Å²) in [6.45, 7) is 12.7. The van der Waals surface area contributed by atoms with Crippen LogP contribution in [0.4, 0.5) is 0 Å². The highest BCUT2D eigenvalue weighted by molar-refractivity contribution is 5.28. The van der Waals surface area contributed by atoms with E-state index in [9.17, 15) is 20.4 Å². The SMILES string of the molecule is CC1(C)C(C)(O)C(C)(O)C(C)(C)C(C)(O)C1(C)O. The van der Waals surface area contributed by atoms with Crippen LogP contribution in [0.2, 0.25) is 0 Å². The van der Waals surface area contributed by atoms with Crippen LogP contribution in [0.15, 0.2) is 0 Å². The Hall–Kier alpha value is -0.160. The van der Waals surface area contributed by atoms with E-state index in [2.05, 4.69) is 0 Å². The summed E-state index contributed by atoms with van der Waals surface area (Å²) in [5, 5.41) is 43.2. The molecular weight excluding hydrogens is 232 g/mol. The molecule has 18 heavy (non-hydrogen) atoms. The van der Waals surface area contributed by atoms with Crippen molar-refractivity contribution in [3.63, 3.8) is 0 Å². The Morgan fingerprint density at radius 2 is 0.500 bits per heavy atom. The minimum Gasteiger partial charge on any atom is -0.386 e. The lowest BCUT2D eigenvalue weighted by Gasteiger charge is -2.71. The van der Waals surface area contributed by atoms with Gasteiger partial charge in [-0.05, 0) is 27.7 Å². The van der Waals surface area contributed by atoms with Crippen molar-refractivity contribution in [3.8, 4) is 0 Å². The topological polar surface area (TPSA) is 80.9 Å². The molecule has 0 spiro atoms. The van der Waals surface area contributed by atoms with Gasteiger partial charge in [0.05, 0.1) is 22.4 Å². The summed E-state index contributed by atoms with van der Waals surface area (Å²) in [6, 6.07) is 0. The Labute approximate surface area is 110 Å². The lowest BCUT2D eigenvalue weighted by Crippen LogP contribution is -2.85. The average Bonchev–Trinajstić information content (AvgIpc) is 2.14. The predicted octanol–water partition coefficient (Wildman–Crippen LogP) is 1.06. The van der Waals surface area contributed by atoms with Gasteiger partial charge >= 0.3 is 0 Å². The molecule has 1 aliphatic carbocycles. The van der Waals surface area contributed by atoms with Gasteiger partial charge in [-0.2, -0.15) is 0 Å². The van der Waals surface area contributed by atoms with Gasteiger partial charge in [0.2, 0.25) is 0 Å². The summed E-state index contributed by atoms with van der Waals surface area (Å²) in [7, 11) is 0.